The zero-order valence-corrected chi connectivity index (χ0v) is 7.97. The molecule has 0 saturated heterocycles. The molecule has 1 aromatic carbocycles. The van der Waals surface area contributed by atoms with Gasteiger partial charge in [0.25, 0.3) is 0 Å². The summed E-state index contributed by atoms with van der Waals surface area (Å²) in [7, 11) is 1.62. The van der Waals surface area contributed by atoms with Gasteiger partial charge in [0.2, 0.25) is 5.88 Å². The maximum Gasteiger partial charge on any atom is 0.213 e. The van der Waals surface area contributed by atoms with E-state index in [4.69, 9.17) is 4.74 Å². The van der Waals surface area contributed by atoms with Gasteiger partial charge >= 0.3 is 0 Å². The first-order chi connectivity index (χ1) is 6.90. The molecule has 0 amide bonds. The van der Waals surface area contributed by atoms with Crippen molar-refractivity contribution in [1.29, 1.82) is 0 Å². The average Bonchev–Trinajstić information content (AvgIpc) is 2.30. The number of rotatable bonds is 2. The molecule has 0 radical (unpaired) electrons. The van der Waals surface area contributed by atoms with E-state index in [0.717, 1.165) is 11.3 Å². The summed E-state index contributed by atoms with van der Waals surface area (Å²) in [5, 5.41) is 0. The molecule has 0 aliphatic rings. The van der Waals surface area contributed by atoms with Crippen LogP contribution >= 0.6 is 0 Å². The molecule has 0 aliphatic carbocycles. The van der Waals surface area contributed by atoms with Crippen molar-refractivity contribution in [3.05, 3.63) is 48.5 Å². The number of methoxy groups -OCH3 is 1. The van der Waals surface area contributed by atoms with Crippen LogP contribution in [-0.4, -0.2) is 12.1 Å². The Balaban J connectivity index is 2.42. The lowest BCUT2D eigenvalue weighted by Crippen LogP contribution is -1.88. The van der Waals surface area contributed by atoms with Crippen LogP contribution in [0.5, 0.6) is 5.88 Å². The van der Waals surface area contributed by atoms with Gasteiger partial charge in [0.05, 0.1) is 12.8 Å². The average molecular weight is 185 g/mol. The van der Waals surface area contributed by atoms with E-state index in [0.29, 0.717) is 5.88 Å². The summed E-state index contributed by atoms with van der Waals surface area (Å²) in [6.07, 6.45) is 0. The van der Waals surface area contributed by atoms with Crippen LogP contribution in [0, 0.1) is 0 Å². The summed E-state index contributed by atoms with van der Waals surface area (Å²) in [4.78, 5) is 4.34. The van der Waals surface area contributed by atoms with Crippen LogP contribution in [0.2, 0.25) is 0 Å². The molecule has 1 aromatic heterocycles. The minimum atomic E-state index is 0.645. The topological polar surface area (TPSA) is 22.1 Å². The first kappa shape index (κ1) is 8.75. The highest BCUT2D eigenvalue weighted by Gasteiger charge is 1.98. The number of pyridine rings is 1. The van der Waals surface area contributed by atoms with Crippen LogP contribution in [-0.2, 0) is 0 Å². The second-order valence-electron chi connectivity index (χ2n) is 2.93. The van der Waals surface area contributed by atoms with Gasteiger partial charge in [-0.05, 0) is 6.07 Å². The Labute approximate surface area is 83.2 Å². The fraction of sp³-hybridized carbons (Fsp3) is 0.0833. The summed E-state index contributed by atoms with van der Waals surface area (Å²) in [6, 6.07) is 15.8. The van der Waals surface area contributed by atoms with Crippen LogP contribution in [0.3, 0.4) is 0 Å². The van der Waals surface area contributed by atoms with E-state index in [9.17, 15) is 0 Å². The quantitative estimate of drug-likeness (QED) is 0.717. The summed E-state index contributed by atoms with van der Waals surface area (Å²) in [5.74, 6) is 0.645. The number of nitrogens with zero attached hydrogens (tertiary/aromatic N) is 1. The lowest BCUT2D eigenvalue weighted by atomic mass is 10.1. The molecule has 0 atom stereocenters. The molecule has 2 nitrogen and oxygen atoms in total. The number of ether oxygens (including phenoxy) is 1. The Bertz CT molecular complexity index is 412. The van der Waals surface area contributed by atoms with Crippen molar-refractivity contribution >= 4 is 0 Å². The fourth-order valence-corrected chi connectivity index (χ4v) is 1.30. The van der Waals surface area contributed by atoms with Gasteiger partial charge in [0.1, 0.15) is 0 Å². The van der Waals surface area contributed by atoms with Crippen molar-refractivity contribution < 1.29 is 4.74 Å². The van der Waals surface area contributed by atoms with Crippen molar-refractivity contribution in [2.24, 2.45) is 0 Å². The van der Waals surface area contributed by atoms with Crippen molar-refractivity contribution in [3.8, 4) is 17.1 Å². The number of aromatic nitrogens is 1. The normalized spacial score (nSPS) is 9.79. The minimum absolute atomic E-state index is 0.645. The van der Waals surface area contributed by atoms with Gasteiger partial charge < -0.3 is 4.74 Å². The van der Waals surface area contributed by atoms with E-state index < -0.39 is 0 Å². The molecule has 0 unspecified atom stereocenters. The molecule has 2 heteroatoms. The lowest BCUT2D eigenvalue weighted by molar-refractivity contribution is 0.398. The highest BCUT2D eigenvalue weighted by Crippen LogP contribution is 2.18. The minimum Gasteiger partial charge on any atom is -0.481 e. The maximum absolute atomic E-state index is 5.07. The Kier molecular flexibility index (Phi) is 2.45. The molecular formula is C12H11NO. The Morgan fingerprint density at radius 3 is 2.43 bits per heavy atom. The zero-order chi connectivity index (χ0) is 9.80. The number of hydrogen-bond donors (Lipinski definition) is 0. The molecule has 0 saturated carbocycles. The Morgan fingerprint density at radius 2 is 1.71 bits per heavy atom. The Morgan fingerprint density at radius 1 is 0.929 bits per heavy atom. The highest BCUT2D eigenvalue weighted by molar-refractivity contribution is 5.59. The van der Waals surface area contributed by atoms with Crippen molar-refractivity contribution in [1.82, 2.24) is 4.98 Å². The first-order valence-corrected chi connectivity index (χ1v) is 4.46. The van der Waals surface area contributed by atoms with E-state index in [1.807, 2.05) is 48.5 Å². The van der Waals surface area contributed by atoms with Gasteiger partial charge in [-0.1, -0.05) is 36.4 Å². The van der Waals surface area contributed by atoms with Gasteiger partial charge in [-0.25, -0.2) is 4.98 Å². The van der Waals surface area contributed by atoms with Gasteiger partial charge in [-0.3, -0.25) is 0 Å². The van der Waals surface area contributed by atoms with Gasteiger partial charge in [0, 0.05) is 11.6 Å². The van der Waals surface area contributed by atoms with Gasteiger partial charge in [0.15, 0.2) is 0 Å². The smallest absolute Gasteiger partial charge is 0.213 e. The molecule has 0 fully saturated rings. The fourth-order valence-electron chi connectivity index (χ4n) is 1.30. The van der Waals surface area contributed by atoms with E-state index >= 15 is 0 Å². The second-order valence-corrected chi connectivity index (χ2v) is 2.93. The molecule has 0 spiro atoms. The molecule has 2 aromatic rings. The van der Waals surface area contributed by atoms with Crippen LogP contribution in [0.4, 0.5) is 0 Å². The molecule has 0 aliphatic heterocycles. The standard InChI is InChI=1S/C12H11NO/c1-14-12-9-5-8-11(13-12)10-6-3-2-4-7-10/h2-9H,1H3. The SMILES string of the molecule is COc1cccc(-c2ccccc2)n1. The van der Waals surface area contributed by atoms with Gasteiger partial charge in [-0.15, -0.1) is 0 Å². The molecule has 2 rings (SSSR count). The van der Waals surface area contributed by atoms with Crippen LogP contribution in [0.15, 0.2) is 48.5 Å². The maximum atomic E-state index is 5.07. The number of benzene rings is 1. The molecule has 70 valence electrons. The summed E-state index contributed by atoms with van der Waals surface area (Å²) in [6.45, 7) is 0. The highest BCUT2D eigenvalue weighted by atomic mass is 16.5. The number of hydrogen-bond acceptors (Lipinski definition) is 2. The summed E-state index contributed by atoms with van der Waals surface area (Å²) >= 11 is 0. The largest absolute Gasteiger partial charge is 0.481 e. The van der Waals surface area contributed by atoms with Crippen LogP contribution in [0.1, 0.15) is 0 Å². The molecule has 0 N–H and O–H groups in total. The third-order valence-electron chi connectivity index (χ3n) is 2.00. The molecule has 1 heterocycles. The molecule has 14 heavy (non-hydrogen) atoms. The predicted octanol–water partition coefficient (Wildman–Crippen LogP) is 2.76. The third kappa shape index (κ3) is 1.74. The van der Waals surface area contributed by atoms with Crippen LogP contribution < -0.4 is 4.74 Å². The van der Waals surface area contributed by atoms with Crippen LogP contribution in [0.25, 0.3) is 11.3 Å². The second kappa shape index (κ2) is 3.92. The van der Waals surface area contributed by atoms with E-state index in [1.165, 1.54) is 0 Å². The van der Waals surface area contributed by atoms with Crippen molar-refractivity contribution in [2.45, 2.75) is 0 Å². The van der Waals surface area contributed by atoms with E-state index in [1.54, 1.807) is 7.11 Å². The predicted molar refractivity (Wildman–Crippen MR) is 56.2 cm³/mol. The van der Waals surface area contributed by atoms with E-state index in [-0.39, 0.29) is 0 Å². The lowest BCUT2D eigenvalue weighted by Gasteiger charge is -2.02. The van der Waals surface area contributed by atoms with Gasteiger partial charge in [-0.2, -0.15) is 0 Å². The molecular weight excluding hydrogens is 174 g/mol. The third-order valence-corrected chi connectivity index (χ3v) is 2.00. The van der Waals surface area contributed by atoms with E-state index in [2.05, 4.69) is 4.98 Å². The summed E-state index contributed by atoms with van der Waals surface area (Å²) < 4.78 is 5.07. The summed E-state index contributed by atoms with van der Waals surface area (Å²) in [5.41, 5.74) is 2.04. The van der Waals surface area contributed by atoms with Crippen molar-refractivity contribution in [3.63, 3.8) is 0 Å². The monoisotopic (exact) mass is 185 g/mol. The zero-order valence-electron chi connectivity index (χ0n) is 7.97. The Hall–Kier alpha value is -1.83. The molecule has 0 bridgehead atoms. The first-order valence-electron chi connectivity index (χ1n) is 4.46. The van der Waals surface area contributed by atoms with Crippen molar-refractivity contribution in [2.75, 3.05) is 7.11 Å².